The van der Waals surface area contributed by atoms with Gasteiger partial charge in [0.25, 0.3) is 0 Å². The standard InChI is InChI=1S/C17H16ClN5/c1-11-6-8-14(9-7-11)21-16-19-12(2)20-17(23-16)22-15-5-3-4-13(18)10-15/h3-10H,1-2H3,(H2,19,20,21,22,23). The molecule has 0 radical (unpaired) electrons. The van der Waals surface area contributed by atoms with Crippen LogP contribution < -0.4 is 10.6 Å². The Labute approximate surface area is 139 Å². The van der Waals surface area contributed by atoms with E-state index in [0.717, 1.165) is 11.4 Å². The Kier molecular flexibility index (Phi) is 4.39. The highest BCUT2D eigenvalue weighted by Crippen LogP contribution is 2.19. The molecule has 0 bridgehead atoms. The van der Waals surface area contributed by atoms with Crippen LogP contribution in [-0.2, 0) is 0 Å². The second-order valence-corrected chi connectivity index (χ2v) is 5.59. The molecule has 0 aliphatic heterocycles. The van der Waals surface area contributed by atoms with Crippen molar-refractivity contribution < 1.29 is 0 Å². The Morgan fingerprint density at radius 1 is 0.783 bits per heavy atom. The van der Waals surface area contributed by atoms with Gasteiger partial charge >= 0.3 is 0 Å². The van der Waals surface area contributed by atoms with Gasteiger partial charge in [0, 0.05) is 16.4 Å². The lowest BCUT2D eigenvalue weighted by molar-refractivity contribution is 0.989. The topological polar surface area (TPSA) is 62.7 Å². The van der Waals surface area contributed by atoms with Gasteiger partial charge in [-0.3, -0.25) is 0 Å². The quantitative estimate of drug-likeness (QED) is 0.732. The van der Waals surface area contributed by atoms with Crippen LogP contribution in [0.4, 0.5) is 23.3 Å². The number of hydrogen-bond acceptors (Lipinski definition) is 5. The molecule has 0 saturated heterocycles. The Morgan fingerprint density at radius 3 is 2.09 bits per heavy atom. The third-order valence-electron chi connectivity index (χ3n) is 3.14. The van der Waals surface area contributed by atoms with Crippen LogP contribution in [0.25, 0.3) is 0 Å². The fraction of sp³-hybridized carbons (Fsp3) is 0.118. The van der Waals surface area contributed by atoms with Crippen LogP contribution >= 0.6 is 11.6 Å². The molecule has 0 atom stereocenters. The van der Waals surface area contributed by atoms with E-state index in [2.05, 4.69) is 25.6 Å². The molecule has 0 aliphatic rings. The third kappa shape index (κ3) is 4.17. The molecule has 2 N–H and O–H groups in total. The fourth-order valence-corrected chi connectivity index (χ4v) is 2.25. The minimum absolute atomic E-state index is 0.467. The third-order valence-corrected chi connectivity index (χ3v) is 3.37. The van der Waals surface area contributed by atoms with Crippen LogP contribution in [0, 0.1) is 13.8 Å². The van der Waals surface area contributed by atoms with Crippen molar-refractivity contribution in [2.24, 2.45) is 0 Å². The van der Waals surface area contributed by atoms with Crippen molar-refractivity contribution in [3.8, 4) is 0 Å². The van der Waals surface area contributed by atoms with Crippen molar-refractivity contribution in [1.29, 1.82) is 0 Å². The van der Waals surface area contributed by atoms with Crippen LogP contribution in [0.2, 0.25) is 5.02 Å². The SMILES string of the molecule is Cc1ccc(Nc2nc(C)nc(Nc3cccc(Cl)c3)n2)cc1. The first-order valence-corrected chi connectivity index (χ1v) is 7.55. The Balaban J connectivity index is 1.82. The fourth-order valence-electron chi connectivity index (χ4n) is 2.05. The summed E-state index contributed by atoms with van der Waals surface area (Å²) < 4.78 is 0. The van der Waals surface area contributed by atoms with Crippen molar-refractivity contribution in [3.05, 3.63) is 64.9 Å². The molecule has 0 saturated carbocycles. The predicted molar refractivity (Wildman–Crippen MR) is 93.8 cm³/mol. The average molecular weight is 326 g/mol. The smallest absolute Gasteiger partial charge is 0.232 e. The van der Waals surface area contributed by atoms with E-state index < -0.39 is 0 Å². The molecule has 3 aromatic rings. The second-order valence-electron chi connectivity index (χ2n) is 5.16. The molecular formula is C17H16ClN5. The molecular weight excluding hydrogens is 310 g/mol. The molecule has 2 aromatic carbocycles. The number of anilines is 4. The van der Waals surface area contributed by atoms with Gasteiger partial charge in [-0.2, -0.15) is 15.0 Å². The molecule has 1 heterocycles. The number of hydrogen-bond donors (Lipinski definition) is 2. The van der Waals surface area contributed by atoms with E-state index in [9.17, 15) is 0 Å². The molecule has 116 valence electrons. The molecule has 5 nitrogen and oxygen atoms in total. The molecule has 0 aliphatic carbocycles. The van der Waals surface area contributed by atoms with E-state index in [4.69, 9.17) is 11.6 Å². The Hall–Kier alpha value is -2.66. The van der Waals surface area contributed by atoms with E-state index in [1.807, 2.05) is 62.4 Å². The van der Waals surface area contributed by atoms with Crippen molar-refractivity contribution in [3.63, 3.8) is 0 Å². The molecule has 1 aromatic heterocycles. The summed E-state index contributed by atoms with van der Waals surface area (Å²) in [7, 11) is 0. The van der Waals surface area contributed by atoms with Crippen LogP contribution in [0.3, 0.4) is 0 Å². The number of benzene rings is 2. The van der Waals surface area contributed by atoms with E-state index in [0.29, 0.717) is 22.7 Å². The second kappa shape index (κ2) is 6.62. The zero-order valence-corrected chi connectivity index (χ0v) is 13.6. The zero-order valence-electron chi connectivity index (χ0n) is 12.8. The normalized spacial score (nSPS) is 10.4. The van der Waals surface area contributed by atoms with Gasteiger partial charge < -0.3 is 10.6 Å². The van der Waals surface area contributed by atoms with Gasteiger partial charge in [0.2, 0.25) is 11.9 Å². The van der Waals surface area contributed by atoms with Gasteiger partial charge in [0.05, 0.1) is 0 Å². The Morgan fingerprint density at radius 2 is 1.43 bits per heavy atom. The highest BCUT2D eigenvalue weighted by molar-refractivity contribution is 6.30. The number of rotatable bonds is 4. The largest absolute Gasteiger partial charge is 0.324 e. The lowest BCUT2D eigenvalue weighted by Gasteiger charge is -2.09. The van der Waals surface area contributed by atoms with Crippen molar-refractivity contribution in [2.75, 3.05) is 10.6 Å². The first kappa shape index (κ1) is 15.2. The van der Waals surface area contributed by atoms with Gasteiger partial charge in [-0.15, -0.1) is 0 Å². The van der Waals surface area contributed by atoms with Crippen molar-refractivity contribution in [2.45, 2.75) is 13.8 Å². The summed E-state index contributed by atoms with van der Waals surface area (Å²) in [6, 6.07) is 15.4. The summed E-state index contributed by atoms with van der Waals surface area (Å²) in [5.41, 5.74) is 2.95. The number of aromatic nitrogens is 3. The molecule has 0 spiro atoms. The van der Waals surface area contributed by atoms with Gasteiger partial charge in [-0.1, -0.05) is 35.4 Å². The van der Waals surface area contributed by atoms with Gasteiger partial charge in [-0.25, -0.2) is 0 Å². The minimum atomic E-state index is 0.467. The summed E-state index contributed by atoms with van der Waals surface area (Å²) in [6.45, 7) is 3.87. The number of nitrogens with zero attached hydrogens (tertiary/aromatic N) is 3. The summed E-state index contributed by atoms with van der Waals surface area (Å²) >= 11 is 5.99. The van der Waals surface area contributed by atoms with Crippen molar-refractivity contribution in [1.82, 2.24) is 15.0 Å². The van der Waals surface area contributed by atoms with Crippen LogP contribution in [0.15, 0.2) is 48.5 Å². The maximum absolute atomic E-state index is 5.99. The maximum atomic E-state index is 5.99. The summed E-state index contributed by atoms with van der Waals surface area (Å²) in [5.74, 6) is 1.58. The first-order chi connectivity index (χ1) is 11.1. The first-order valence-electron chi connectivity index (χ1n) is 7.17. The summed E-state index contributed by atoms with van der Waals surface area (Å²) in [6.07, 6.45) is 0. The van der Waals surface area contributed by atoms with E-state index in [1.165, 1.54) is 5.56 Å². The number of aryl methyl sites for hydroxylation is 2. The molecule has 6 heteroatoms. The monoisotopic (exact) mass is 325 g/mol. The Bertz CT molecular complexity index is 817. The lowest BCUT2D eigenvalue weighted by Crippen LogP contribution is -2.05. The van der Waals surface area contributed by atoms with Crippen LogP contribution in [0.5, 0.6) is 0 Å². The molecule has 23 heavy (non-hydrogen) atoms. The van der Waals surface area contributed by atoms with E-state index in [1.54, 1.807) is 0 Å². The number of halogens is 1. The average Bonchev–Trinajstić information content (AvgIpc) is 2.49. The van der Waals surface area contributed by atoms with Crippen LogP contribution in [0.1, 0.15) is 11.4 Å². The predicted octanol–water partition coefficient (Wildman–Crippen LogP) is 4.63. The minimum Gasteiger partial charge on any atom is -0.324 e. The van der Waals surface area contributed by atoms with Gasteiger partial charge in [0.15, 0.2) is 0 Å². The van der Waals surface area contributed by atoms with Gasteiger partial charge in [0.1, 0.15) is 5.82 Å². The summed E-state index contributed by atoms with van der Waals surface area (Å²) in [4.78, 5) is 13.0. The zero-order chi connectivity index (χ0) is 16.2. The highest BCUT2D eigenvalue weighted by Gasteiger charge is 2.05. The molecule has 0 unspecified atom stereocenters. The highest BCUT2D eigenvalue weighted by atomic mass is 35.5. The van der Waals surface area contributed by atoms with Crippen molar-refractivity contribution >= 4 is 34.9 Å². The van der Waals surface area contributed by atoms with E-state index >= 15 is 0 Å². The lowest BCUT2D eigenvalue weighted by atomic mass is 10.2. The maximum Gasteiger partial charge on any atom is 0.232 e. The van der Waals surface area contributed by atoms with Gasteiger partial charge in [-0.05, 0) is 44.2 Å². The molecule has 3 rings (SSSR count). The molecule has 0 amide bonds. The molecule has 0 fully saturated rings. The van der Waals surface area contributed by atoms with E-state index in [-0.39, 0.29) is 0 Å². The number of nitrogens with one attached hydrogen (secondary N) is 2. The summed E-state index contributed by atoms with van der Waals surface area (Å²) in [5, 5.41) is 6.97. The van der Waals surface area contributed by atoms with Crippen LogP contribution in [-0.4, -0.2) is 15.0 Å².